The summed E-state index contributed by atoms with van der Waals surface area (Å²) in [5.41, 5.74) is 2.35. The Bertz CT molecular complexity index is 1260. The molecule has 1 aliphatic heterocycles. The second-order valence-electron chi connectivity index (χ2n) is 9.46. The van der Waals surface area contributed by atoms with Crippen LogP contribution in [-0.2, 0) is 22.6 Å². The highest BCUT2D eigenvalue weighted by molar-refractivity contribution is 7.19. The molecule has 34 heavy (non-hydrogen) atoms. The number of rotatable bonds is 4. The maximum Gasteiger partial charge on any atom is 0.412 e. The monoisotopic (exact) mass is 478 g/mol. The van der Waals surface area contributed by atoms with Crippen LogP contribution in [0.1, 0.15) is 42.3 Å². The van der Waals surface area contributed by atoms with E-state index in [1.807, 2.05) is 46.0 Å². The number of aryl methyl sites for hydroxylation is 1. The molecule has 0 unspecified atom stereocenters. The van der Waals surface area contributed by atoms with Crippen molar-refractivity contribution in [3.63, 3.8) is 0 Å². The van der Waals surface area contributed by atoms with Crippen LogP contribution in [0.3, 0.4) is 0 Å². The molecular weight excluding hydrogens is 448 g/mol. The molecule has 0 saturated heterocycles. The van der Waals surface area contributed by atoms with Crippen molar-refractivity contribution in [1.29, 1.82) is 0 Å². The van der Waals surface area contributed by atoms with Gasteiger partial charge in [-0.15, -0.1) is 11.3 Å². The second-order valence-corrected chi connectivity index (χ2v) is 10.6. The molecule has 0 fully saturated rings. The number of aromatic nitrogens is 1. The van der Waals surface area contributed by atoms with Crippen molar-refractivity contribution < 1.29 is 14.3 Å². The maximum atomic E-state index is 12.8. The zero-order valence-electron chi connectivity index (χ0n) is 20.2. The molecule has 2 amide bonds. The summed E-state index contributed by atoms with van der Waals surface area (Å²) in [7, 11) is 1.81. The Balaban J connectivity index is 1.41. The van der Waals surface area contributed by atoms with Crippen molar-refractivity contribution >= 4 is 45.3 Å². The van der Waals surface area contributed by atoms with E-state index in [2.05, 4.69) is 29.4 Å². The SMILES string of the molecule is Cc1c(CN(C)C(=O)/C=C/c2cnc3c(c2)CN(C(=O)OC(C)(C)C)CN3)sc2ccccc12. The standard InChI is InChI=1S/C26H30N4O3S/c1-17-20-8-6-7-9-21(20)34-22(17)15-29(5)23(31)11-10-18-12-19-14-30(16-28-24(19)27-13-18)25(32)33-26(2,3)4/h6-13H,14-16H2,1-5H3,(H,27,28)/b11-10+. The lowest BCUT2D eigenvalue weighted by Crippen LogP contribution is -2.41. The predicted octanol–water partition coefficient (Wildman–Crippen LogP) is 5.40. The first-order valence-electron chi connectivity index (χ1n) is 11.2. The van der Waals surface area contributed by atoms with Crippen LogP contribution in [0.5, 0.6) is 0 Å². The van der Waals surface area contributed by atoms with Crippen molar-refractivity contribution in [2.24, 2.45) is 0 Å². The first kappa shape index (κ1) is 23.8. The van der Waals surface area contributed by atoms with E-state index in [1.54, 1.807) is 39.5 Å². The number of carbonyl (C=O) groups excluding carboxylic acids is 2. The number of nitrogens with one attached hydrogen (secondary N) is 1. The minimum absolute atomic E-state index is 0.0805. The number of nitrogens with zero attached hydrogens (tertiary/aromatic N) is 3. The molecule has 8 heteroatoms. The highest BCUT2D eigenvalue weighted by atomic mass is 32.1. The minimum Gasteiger partial charge on any atom is -0.444 e. The summed E-state index contributed by atoms with van der Waals surface area (Å²) in [6.45, 7) is 8.93. The van der Waals surface area contributed by atoms with Gasteiger partial charge in [0, 0.05) is 34.5 Å². The van der Waals surface area contributed by atoms with E-state index in [-0.39, 0.29) is 12.0 Å². The lowest BCUT2D eigenvalue weighted by molar-refractivity contribution is -0.125. The van der Waals surface area contributed by atoms with E-state index < -0.39 is 5.60 Å². The summed E-state index contributed by atoms with van der Waals surface area (Å²) in [6, 6.07) is 10.2. The molecule has 0 spiro atoms. The van der Waals surface area contributed by atoms with Crippen LogP contribution in [-0.4, -0.2) is 46.1 Å². The van der Waals surface area contributed by atoms with Gasteiger partial charge in [0.05, 0.1) is 19.8 Å². The number of anilines is 1. The number of likely N-dealkylation sites (N-methyl/N-ethyl adjacent to an activating group) is 1. The van der Waals surface area contributed by atoms with Gasteiger partial charge >= 0.3 is 6.09 Å². The zero-order chi connectivity index (χ0) is 24.5. The van der Waals surface area contributed by atoms with Crippen LogP contribution >= 0.6 is 11.3 Å². The normalized spacial score (nSPS) is 13.6. The fourth-order valence-corrected chi connectivity index (χ4v) is 5.02. The zero-order valence-corrected chi connectivity index (χ0v) is 21.0. The van der Waals surface area contributed by atoms with Crippen LogP contribution in [0.25, 0.3) is 16.2 Å². The van der Waals surface area contributed by atoms with Crippen LogP contribution in [0.4, 0.5) is 10.6 Å². The van der Waals surface area contributed by atoms with Gasteiger partial charge < -0.3 is 15.0 Å². The molecular formula is C26H30N4O3S. The molecule has 0 radical (unpaired) electrons. The molecule has 7 nitrogen and oxygen atoms in total. The third-order valence-corrected chi connectivity index (χ3v) is 6.81. The Morgan fingerprint density at radius 3 is 2.79 bits per heavy atom. The van der Waals surface area contributed by atoms with Gasteiger partial charge in [-0.1, -0.05) is 18.2 Å². The van der Waals surface area contributed by atoms with Crippen molar-refractivity contribution in [2.45, 2.75) is 46.4 Å². The van der Waals surface area contributed by atoms with Crippen LogP contribution in [0.15, 0.2) is 42.6 Å². The molecule has 3 heterocycles. The first-order valence-corrected chi connectivity index (χ1v) is 12.0. The molecule has 4 rings (SSSR count). The molecule has 1 N–H and O–H groups in total. The quantitative estimate of drug-likeness (QED) is 0.509. The molecule has 1 aromatic carbocycles. The lowest BCUT2D eigenvalue weighted by Gasteiger charge is -2.31. The van der Waals surface area contributed by atoms with Crippen LogP contribution in [0.2, 0.25) is 0 Å². The average Bonchev–Trinajstić information content (AvgIpc) is 3.11. The Morgan fingerprint density at radius 2 is 2.06 bits per heavy atom. The summed E-state index contributed by atoms with van der Waals surface area (Å²) in [6.07, 6.45) is 4.67. The molecule has 0 bridgehead atoms. The fraction of sp³-hybridized carbons (Fsp3) is 0.346. The number of ether oxygens (including phenoxy) is 1. The maximum absolute atomic E-state index is 12.8. The van der Waals surface area contributed by atoms with Crippen LogP contribution < -0.4 is 5.32 Å². The van der Waals surface area contributed by atoms with Crippen molar-refractivity contribution in [1.82, 2.24) is 14.8 Å². The topological polar surface area (TPSA) is 74.8 Å². The van der Waals surface area contributed by atoms with Gasteiger partial charge in [0.15, 0.2) is 0 Å². The van der Waals surface area contributed by atoms with Gasteiger partial charge in [-0.2, -0.15) is 0 Å². The first-order chi connectivity index (χ1) is 16.1. The van der Waals surface area contributed by atoms with Gasteiger partial charge in [-0.25, -0.2) is 9.78 Å². The Hall–Kier alpha value is -3.39. The van der Waals surface area contributed by atoms with E-state index in [9.17, 15) is 9.59 Å². The van der Waals surface area contributed by atoms with E-state index in [0.717, 1.165) is 16.9 Å². The third-order valence-electron chi connectivity index (χ3n) is 5.56. The van der Waals surface area contributed by atoms with Gasteiger partial charge in [-0.05, 0) is 62.4 Å². The number of hydrogen-bond acceptors (Lipinski definition) is 6. The number of pyridine rings is 1. The van der Waals surface area contributed by atoms with E-state index in [4.69, 9.17) is 4.74 Å². The number of amides is 2. The Kier molecular flexibility index (Phi) is 6.61. The number of carbonyl (C=O) groups is 2. The molecule has 2 aromatic heterocycles. The number of thiophene rings is 1. The Labute approximate surface area is 204 Å². The van der Waals surface area contributed by atoms with E-state index >= 15 is 0 Å². The van der Waals surface area contributed by atoms with Crippen LogP contribution in [0, 0.1) is 6.92 Å². The highest BCUT2D eigenvalue weighted by Gasteiger charge is 2.26. The fourth-order valence-electron chi connectivity index (χ4n) is 3.75. The van der Waals surface area contributed by atoms with Gasteiger partial charge in [0.2, 0.25) is 5.91 Å². The molecule has 1 aliphatic rings. The molecule has 0 aliphatic carbocycles. The van der Waals surface area contributed by atoms with Crippen molar-refractivity contribution in [2.75, 3.05) is 19.0 Å². The van der Waals surface area contributed by atoms with E-state index in [1.165, 1.54) is 20.5 Å². The predicted molar refractivity (Wildman–Crippen MR) is 137 cm³/mol. The van der Waals surface area contributed by atoms with E-state index in [0.29, 0.717) is 19.8 Å². The molecule has 178 valence electrons. The van der Waals surface area contributed by atoms with Gasteiger partial charge in [-0.3, -0.25) is 9.69 Å². The summed E-state index contributed by atoms with van der Waals surface area (Å²) in [4.78, 5) is 34.1. The van der Waals surface area contributed by atoms with Gasteiger partial charge in [0.1, 0.15) is 11.4 Å². The summed E-state index contributed by atoms with van der Waals surface area (Å²) in [5.74, 6) is 0.656. The van der Waals surface area contributed by atoms with Crippen molar-refractivity contribution in [3.05, 3.63) is 64.2 Å². The number of benzene rings is 1. The second kappa shape index (κ2) is 9.46. The highest BCUT2D eigenvalue weighted by Crippen LogP contribution is 2.31. The summed E-state index contributed by atoms with van der Waals surface area (Å²) in [5, 5.41) is 4.39. The number of fused-ring (bicyclic) bond motifs is 2. The average molecular weight is 479 g/mol. The lowest BCUT2D eigenvalue weighted by atomic mass is 10.1. The molecule has 0 atom stereocenters. The molecule has 3 aromatic rings. The Morgan fingerprint density at radius 1 is 1.29 bits per heavy atom. The minimum atomic E-state index is -0.555. The summed E-state index contributed by atoms with van der Waals surface area (Å²) < 4.78 is 6.70. The smallest absolute Gasteiger partial charge is 0.412 e. The molecule has 0 saturated carbocycles. The van der Waals surface area contributed by atoms with Gasteiger partial charge in [0.25, 0.3) is 0 Å². The summed E-state index contributed by atoms with van der Waals surface area (Å²) >= 11 is 1.73. The largest absolute Gasteiger partial charge is 0.444 e. The number of hydrogen-bond donors (Lipinski definition) is 1. The third kappa shape index (κ3) is 5.39. The van der Waals surface area contributed by atoms with Crippen molar-refractivity contribution in [3.8, 4) is 0 Å².